The van der Waals surface area contributed by atoms with Crippen LogP contribution in [0, 0.1) is 5.92 Å². The lowest BCUT2D eigenvalue weighted by Crippen LogP contribution is -2.18. The summed E-state index contributed by atoms with van der Waals surface area (Å²) in [5.41, 5.74) is 1.31. The number of aromatic nitrogens is 1. The molecule has 1 fully saturated rings. The number of thiazole rings is 1. The smallest absolute Gasteiger partial charge is 0.185 e. The molecule has 2 rings (SSSR count). The molecule has 17 heavy (non-hydrogen) atoms. The summed E-state index contributed by atoms with van der Waals surface area (Å²) in [5.74, 6) is 0.821. The maximum Gasteiger partial charge on any atom is 0.185 e. The highest BCUT2D eigenvalue weighted by Gasteiger charge is 2.22. The predicted molar refractivity (Wildman–Crippen MR) is 74.9 cm³/mol. The van der Waals surface area contributed by atoms with Crippen molar-refractivity contribution in [2.75, 3.05) is 25.0 Å². The van der Waals surface area contributed by atoms with Crippen LogP contribution in [0.1, 0.15) is 37.3 Å². The van der Waals surface area contributed by atoms with E-state index in [-0.39, 0.29) is 0 Å². The van der Waals surface area contributed by atoms with Gasteiger partial charge in [0.25, 0.3) is 0 Å². The zero-order valence-electron chi connectivity index (χ0n) is 11.1. The first kappa shape index (κ1) is 12.8. The summed E-state index contributed by atoms with van der Waals surface area (Å²) >= 11 is 1.88. The summed E-state index contributed by atoms with van der Waals surface area (Å²) < 4.78 is 0. The highest BCUT2D eigenvalue weighted by atomic mass is 32.1. The molecular formula is C13H23N3S. The van der Waals surface area contributed by atoms with Gasteiger partial charge in [-0.3, -0.25) is 0 Å². The number of hydrogen-bond donors (Lipinski definition) is 1. The molecule has 1 aliphatic rings. The molecule has 1 aromatic rings. The minimum absolute atomic E-state index is 0.821. The molecular weight excluding hydrogens is 230 g/mol. The first-order valence-electron chi connectivity index (χ1n) is 6.62. The molecule has 0 saturated carbocycles. The fourth-order valence-electron chi connectivity index (χ4n) is 2.34. The number of aryl methyl sites for hydroxylation is 1. The normalized spacial score (nSPS) is 20.2. The van der Waals surface area contributed by atoms with Crippen LogP contribution >= 0.6 is 11.3 Å². The number of nitrogens with one attached hydrogen (secondary N) is 1. The van der Waals surface area contributed by atoms with E-state index in [1.165, 1.54) is 41.6 Å². The van der Waals surface area contributed by atoms with Crippen LogP contribution in [0.4, 0.5) is 5.13 Å². The molecule has 1 atom stereocenters. The molecule has 1 saturated heterocycles. The van der Waals surface area contributed by atoms with E-state index >= 15 is 0 Å². The van der Waals surface area contributed by atoms with Gasteiger partial charge in [0.15, 0.2) is 5.13 Å². The number of hydrogen-bond acceptors (Lipinski definition) is 4. The molecule has 3 nitrogen and oxygen atoms in total. The van der Waals surface area contributed by atoms with Crippen LogP contribution in [0.15, 0.2) is 0 Å². The van der Waals surface area contributed by atoms with Crippen LogP contribution in [-0.4, -0.2) is 25.1 Å². The average molecular weight is 253 g/mol. The van der Waals surface area contributed by atoms with Crippen LogP contribution in [-0.2, 0) is 13.0 Å². The van der Waals surface area contributed by atoms with E-state index in [9.17, 15) is 0 Å². The molecule has 0 aromatic carbocycles. The summed E-state index contributed by atoms with van der Waals surface area (Å²) in [6.07, 6.45) is 3.59. The third-order valence-electron chi connectivity index (χ3n) is 3.29. The lowest BCUT2D eigenvalue weighted by Gasteiger charge is -2.13. The number of nitrogens with zero attached hydrogens (tertiary/aromatic N) is 2. The second-order valence-electron chi connectivity index (χ2n) is 4.99. The van der Waals surface area contributed by atoms with Gasteiger partial charge in [-0.05, 0) is 25.8 Å². The topological polar surface area (TPSA) is 28.2 Å². The molecule has 0 radical (unpaired) electrons. The molecule has 0 spiro atoms. The zero-order valence-corrected chi connectivity index (χ0v) is 11.9. The maximum absolute atomic E-state index is 4.84. The van der Waals surface area contributed by atoms with Crippen molar-refractivity contribution >= 4 is 16.5 Å². The fourth-order valence-corrected chi connectivity index (χ4v) is 3.50. The standard InChI is InChI=1S/C13H23N3S/c1-4-5-11-12(8-14-3)17-13(15-11)16-7-6-10(2)9-16/h10,14H,4-9H2,1-3H3. The molecule has 1 aliphatic heterocycles. The van der Waals surface area contributed by atoms with E-state index in [1.807, 2.05) is 18.4 Å². The Bertz CT molecular complexity index is 338. The minimum atomic E-state index is 0.821. The maximum atomic E-state index is 4.84. The van der Waals surface area contributed by atoms with E-state index in [0.717, 1.165) is 18.9 Å². The van der Waals surface area contributed by atoms with Gasteiger partial charge in [-0.1, -0.05) is 20.3 Å². The average Bonchev–Trinajstić information content (AvgIpc) is 2.87. The van der Waals surface area contributed by atoms with Gasteiger partial charge >= 0.3 is 0 Å². The van der Waals surface area contributed by atoms with Gasteiger partial charge in [0.05, 0.1) is 5.69 Å². The van der Waals surface area contributed by atoms with Crippen LogP contribution in [0.5, 0.6) is 0 Å². The quantitative estimate of drug-likeness (QED) is 0.874. The molecule has 0 aliphatic carbocycles. The fraction of sp³-hybridized carbons (Fsp3) is 0.769. The van der Waals surface area contributed by atoms with E-state index in [2.05, 4.69) is 24.1 Å². The van der Waals surface area contributed by atoms with Crippen LogP contribution in [0.3, 0.4) is 0 Å². The van der Waals surface area contributed by atoms with Gasteiger partial charge in [-0.25, -0.2) is 4.98 Å². The summed E-state index contributed by atoms with van der Waals surface area (Å²) in [5, 5.41) is 4.49. The molecule has 0 bridgehead atoms. The Morgan fingerprint density at radius 3 is 2.94 bits per heavy atom. The molecule has 1 aromatic heterocycles. The Labute approximate surface area is 108 Å². The monoisotopic (exact) mass is 253 g/mol. The summed E-state index contributed by atoms with van der Waals surface area (Å²) in [4.78, 5) is 8.71. The van der Waals surface area contributed by atoms with Crippen LogP contribution in [0.2, 0.25) is 0 Å². The Balaban J connectivity index is 2.14. The molecule has 2 heterocycles. The van der Waals surface area contributed by atoms with Crippen molar-refractivity contribution in [1.82, 2.24) is 10.3 Å². The van der Waals surface area contributed by atoms with Gasteiger partial charge in [-0.2, -0.15) is 0 Å². The first-order valence-corrected chi connectivity index (χ1v) is 7.44. The summed E-state index contributed by atoms with van der Waals surface area (Å²) in [7, 11) is 2.01. The predicted octanol–water partition coefficient (Wildman–Crippen LogP) is 2.66. The zero-order chi connectivity index (χ0) is 12.3. The Hall–Kier alpha value is -0.610. The van der Waals surface area contributed by atoms with Crippen molar-refractivity contribution in [3.8, 4) is 0 Å². The van der Waals surface area contributed by atoms with E-state index in [0.29, 0.717) is 0 Å². The highest BCUT2D eigenvalue weighted by molar-refractivity contribution is 7.15. The van der Waals surface area contributed by atoms with Crippen molar-refractivity contribution < 1.29 is 0 Å². The van der Waals surface area contributed by atoms with Gasteiger partial charge in [0, 0.05) is 24.5 Å². The van der Waals surface area contributed by atoms with Gasteiger partial charge in [0.1, 0.15) is 0 Å². The SMILES string of the molecule is CCCc1nc(N2CCC(C)C2)sc1CNC. The van der Waals surface area contributed by atoms with Crippen molar-refractivity contribution in [3.05, 3.63) is 10.6 Å². The van der Waals surface area contributed by atoms with Gasteiger partial charge in [0.2, 0.25) is 0 Å². The minimum Gasteiger partial charge on any atom is -0.348 e. The summed E-state index contributed by atoms with van der Waals surface area (Å²) in [6.45, 7) is 7.86. The lowest BCUT2D eigenvalue weighted by molar-refractivity contribution is 0.659. The summed E-state index contributed by atoms with van der Waals surface area (Å²) in [6, 6.07) is 0. The lowest BCUT2D eigenvalue weighted by atomic mass is 10.2. The largest absolute Gasteiger partial charge is 0.348 e. The first-order chi connectivity index (χ1) is 8.24. The molecule has 0 amide bonds. The molecule has 1 N–H and O–H groups in total. The Morgan fingerprint density at radius 2 is 2.35 bits per heavy atom. The van der Waals surface area contributed by atoms with E-state index in [1.54, 1.807) is 0 Å². The van der Waals surface area contributed by atoms with E-state index < -0.39 is 0 Å². The number of rotatable bonds is 5. The Morgan fingerprint density at radius 1 is 1.53 bits per heavy atom. The van der Waals surface area contributed by atoms with E-state index in [4.69, 9.17) is 4.98 Å². The van der Waals surface area contributed by atoms with Crippen LogP contribution < -0.4 is 10.2 Å². The third-order valence-corrected chi connectivity index (χ3v) is 4.44. The van der Waals surface area contributed by atoms with Crippen LogP contribution in [0.25, 0.3) is 0 Å². The third kappa shape index (κ3) is 2.99. The Kier molecular flexibility index (Phi) is 4.40. The number of anilines is 1. The second kappa shape index (κ2) is 5.83. The molecule has 1 unspecified atom stereocenters. The van der Waals surface area contributed by atoms with Crippen molar-refractivity contribution in [2.45, 2.75) is 39.7 Å². The van der Waals surface area contributed by atoms with Crippen molar-refractivity contribution in [2.24, 2.45) is 5.92 Å². The van der Waals surface area contributed by atoms with Gasteiger partial charge < -0.3 is 10.2 Å². The van der Waals surface area contributed by atoms with Gasteiger partial charge in [-0.15, -0.1) is 11.3 Å². The molecule has 96 valence electrons. The van der Waals surface area contributed by atoms with Crippen molar-refractivity contribution in [1.29, 1.82) is 0 Å². The van der Waals surface area contributed by atoms with Crippen molar-refractivity contribution in [3.63, 3.8) is 0 Å². The second-order valence-corrected chi connectivity index (χ2v) is 6.05. The molecule has 4 heteroatoms. The highest BCUT2D eigenvalue weighted by Crippen LogP contribution is 2.30.